The molecule has 7 nitrogen and oxygen atoms in total. The van der Waals surface area contributed by atoms with E-state index in [-0.39, 0.29) is 17.2 Å². The van der Waals surface area contributed by atoms with Crippen LogP contribution in [-0.2, 0) is 0 Å². The zero-order valence-corrected chi connectivity index (χ0v) is 12.4. The number of nitrogens with one attached hydrogen (secondary N) is 1. The van der Waals surface area contributed by atoms with Crippen molar-refractivity contribution < 1.29 is 0 Å². The summed E-state index contributed by atoms with van der Waals surface area (Å²) in [6.45, 7) is 0. The van der Waals surface area contributed by atoms with Gasteiger partial charge in [0.2, 0.25) is 0 Å². The fourth-order valence-electron chi connectivity index (χ4n) is 2.57. The number of benzene rings is 1. The lowest BCUT2D eigenvalue weighted by atomic mass is 10.1. The molecule has 0 aliphatic rings. The van der Waals surface area contributed by atoms with Crippen molar-refractivity contribution >= 4 is 16.7 Å². The van der Waals surface area contributed by atoms with Crippen LogP contribution in [0.1, 0.15) is 5.56 Å². The largest absolute Gasteiger partial charge is 0.382 e. The van der Waals surface area contributed by atoms with Gasteiger partial charge in [0.25, 0.3) is 0 Å². The summed E-state index contributed by atoms with van der Waals surface area (Å²) in [6, 6.07) is 11.6. The van der Waals surface area contributed by atoms with E-state index in [9.17, 15) is 5.26 Å². The van der Waals surface area contributed by atoms with E-state index in [1.54, 1.807) is 18.5 Å². The number of para-hydroxylation sites is 1. The fraction of sp³-hybridized carbons (Fsp3) is 0. The van der Waals surface area contributed by atoms with E-state index < -0.39 is 0 Å². The number of anilines is 1. The van der Waals surface area contributed by atoms with Gasteiger partial charge in [-0.15, -0.1) is 0 Å². The van der Waals surface area contributed by atoms with Crippen LogP contribution in [0.15, 0.2) is 48.9 Å². The number of hydrogen-bond donors (Lipinski definition) is 2. The minimum atomic E-state index is 0.107. The first kappa shape index (κ1) is 13.8. The molecule has 3 heterocycles. The second-order valence-corrected chi connectivity index (χ2v) is 5.09. The monoisotopic (exact) mass is 313 g/mol. The Morgan fingerprint density at radius 3 is 2.58 bits per heavy atom. The van der Waals surface area contributed by atoms with E-state index in [0.29, 0.717) is 11.5 Å². The first-order valence-corrected chi connectivity index (χ1v) is 7.19. The highest BCUT2D eigenvalue weighted by Crippen LogP contribution is 2.32. The SMILES string of the molecule is N#Cc1c(N)nc(-c2ncccn2)nc1-c1c[nH]c2ccccc12. The minimum absolute atomic E-state index is 0.107. The number of hydrogen-bond acceptors (Lipinski definition) is 6. The summed E-state index contributed by atoms with van der Waals surface area (Å²) in [5.74, 6) is 0.748. The number of H-pyrrole nitrogens is 1. The quantitative estimate of drug-likeness (QED) is 0.587. The smallest absolute Gasteiger partial charge is 0.200 e. The van der Waals surface area contributed by atoms with Gasteiger partial charge in [0.15, 0.2) is 11.6 Å². The Balaban J connectivity index is 2.01. The van der Waals surface area contributed by atoms with Crippen LogP contribution in [0.3, 0.4) is 0 Å². The molecule has 0 saturated carbocycles. The van der Waals surface area contributed by atoms with Crippen LogP contribution in [0.2, 0.25) is 0 Å². The van der Waals surface area contributed by atoms with Crippen LogP contribution in [0, 0.1) is 11.3 Å². The third kappa shape index (κ3) is 2.14. The van der Waals surface area contributed by atoms with Gasteiger partial charge in [-0.2, -0.15) is 5.26 Å². The molecule has 0 aliphatic heterocycles. The van der Waals surface area contributed by atoms with Crippen molar-refractivity contribution in [3.63, 3.8) is 0 Å². The van der Waals surface area contributed by atoms with Gasteiger partial charge in [0, 0.05) is 35.1 Å². The predicted molar refractivity (Wildman–Crippen MR) is 89.5 cm³/mol. The molecule has 0 fully saturated rings. The van der Waals surface area contributed by atoms with Crippen molar-refractivity contribution in [2.24, 2.45) is 0 Å². The van der Waals surface area contributed by atoms with Gasteiger partial charge in [-0.1, -0.05) is 18.2 Å². The Labute approximate surface area is 136 Å². The van der Waals surface area contributed by atoms with E-state index in [4.69, 9.17) is 5.73 Å². The van der Waals surface area contributed by atoms with Crippen molar-refractivity contribution in [1.82, 2.24) is 24.9 Å². The summed E-state index contributed by atoms with van der Waals surface area (Å²) in [7, 11) is 0. The van der Waals surface area contributed by atoms with Crippen molar-refractivity contribution in [3.05, 3.63) is 54.5 Å². The van der Waals surface area contributed by atoms with E-state index >= 15 is 0 Å². The van der Waals surface area contributed by atoms with E-state index in [0.717, 1.165) is 16.5 Å². The Hall–Kier alpha value is -3.79. The highest BCUT2D eigenvalue weighted by molar-refractivity contribution is 5.96. The third-order valence-corrected chi connectivity index (χ3v) is 3.66. The zero-order valence-electron chi connectivity index (χ0n) is 12.4. The Morgan fingerprint density at radius 2 is 1.79 bits per heavy atom. The highest BCUT2D eigenvalue weighted by atomic mass is 15.0. The molecule has 3 N–H and O–H groups in total. The number of nitrogens with two attached hydrogens (primary N) is 1. The molecule has 0 radical (unpaired) electrons. The Kier molecular flexibility index (Phi) is 3.14. The lowest BCUT2D eigenvalue weighted by Gasteiger charge is -2.07. The van der Waals surface area contributed by atoms with Crippen molar-refractivity contribution in [2.75, 3.05) is 5.73 Å². The number of aromatic amines is 1. The zero-order chi connectivity index (χ0) is 16.5. The summed E-state index contributed by atoms with van der Waals surface area (Å²) < 4.78 is 0. The van der Waals surface area contributed by atoms with Gasteiger partial charge >= 0.3 is 0 Å². The topological polar surface area (TPSA) is 117 Å². The van der Waals surface area contributed by atoms with Gasteiger partial charge < -0.3 is 10.7 Å². The number of nitrogens with zero attached hydrogens (tertiary/aromatic N) is 5. The summed E-state index contributed by atoms with van der Waals surface area (Å²) >= 11 is 0. The standard InChI is InChI=1S/C17H11N7/c18-8-11-14(12-9-22-13-5-2-1-4-10(12)13)23-17(24-15(11)19)16-20-6-3-7-21-16/h1-7,9,22H,(H2,19,23,24). The highest BCUT2D eigenvalue weighted by Gasteiger charge is 2.18. The third-order valence-electron chi connectivity index (χ3n) is 3.66. The summed E-state index contributed by atoms with van der Waals surface area (Å²) in [4.78, 5) is 20.2. The van der Waals surface area contributed by atoms with Crippen LogP contribution in [0.4, 0.5) is 5.82 Å². The lowest BCUT2D eigenvalue weighted by Crippen LogP contribution is -2.04. The van der Waals surface area contributed by atoms with Crippen LogP contribution in [0.5, 0.6) is 0 Å². The number of rotatable bonds is 2. The number of nitriles is 1. The summed E-state index contributed by atoms with van der Waals surface area (Å²) in [6.07, 6.45) is 5.01. The van der Waals surface area contributed by atoms with Crippen molar-refractivity contribution in [2.45, 2.75) is 0 Å². The molecule has 114 valence electrons. The maximum Gasteiger partial charge on any atom is 0.200 e. The Bertz CT molecular complexity index is 1080. The molecule has 24 heavy (non-hydrogen) atoms. The average molecular weight is 313 g/mol. The molecule has 4 aromatic rings. The number of nitrogen functional groups attached to an aromatic ring is 1. The fourth-order valence-corrected chi connectivity index (χ4v) is 2.57. The molecule has 7 heteroatoms. The molecule has 0 bridgehead atoms. The van der Waals surface area contributed by atoms with Crippen LogP contribution >= 0.6 is 0 Å². The van der Waals surface area contributed by atoms with Crippen molar-refractivity contribution in [3.8, 4) is 29.0 Å². The van der Waals surface area contributed by atoms with Crippen LogP contribution in [0.25, 0.3) is 33.8 Å². The summed E-state index contributed by atoms with van der Waals surface area (Å²) in [5.41, 5.74) is 8.41. The molecule has 0 spiro atoms. The molecular weight excluding hydrogens is 302 g/mol. The first-order valence-electron chi connectivity index (χ1n) is 7.19. The van der Waals surface area contributed by atoms with Gasteiger partial charge in [-0.05, 0) is 12.1 Å². The number of fused-ring (bicyclic) bond motifs is 1. The lowest BCUT2D eigenvalue weighted by molar-refractivity contribution is 1.08. The molecule has 0 unspecified atom stereocenters. The molecule has 4 rings (SSSR count). The van der Waals surface area contributed by atoms with E-state index in [1.807, 2.05) is 30.5 Å². The molecule has 0 saturated heterocycles. The molecule has 0 amide bonds. The normalized spacial score (nSPS) is 10.6. The maximum absolute atomic E-state index is 9.48. The molecular formula is C17H11N7. The second-order valence-electron chi connectivity index (χ2n) is 5.09. The Morgan fingerprint density at radius 1 is 1.00 bits per heavy atom. The van der Waals surface area contributed by atoms with E-state index in [1.165, 1.54) is 0 Å². The summed E-state index contributed by atoms with van der Waals surface area (Å²) in [5, 5.41) is 10.4. The van der Waals surface area contributed by atoms with Gasteiger partial charge in [0.1, 0.15) is 17.5 Å². The molecule has 1 aromatic carbocycles. The molecule has 0 aliphatic carbocycles. The second kappa shape index (κ2) is 5.44. The van der Waals surface area contributed by atoms with Gasteiger partial charge in [-0.25, -0.2) is 19.9 Å². The predicted octanol–water partition coefficient (Wildman–Crippen LogP) is 2.54. The molecule has 0 atom stereocenters. The van der Waals surface area contributed by atoms with Gasteiger partial charge in [0.05, 0.1) is 5.69 Å². The van der Waals surface area contributed by atoms with Gasteiger partial charge in [-0.3, -0.25) is 0 Å². The average Bonchev–Trinajstić information content (AvgIpc) is 3.06. The van der Waals surface area contributed by atoms with Crippen molar-refractivity contribution in [1.29, 1.82) is 5.26 Å². The molecule has 3 aromatic heterocycles. The van der Waals surface area contributed by atoms with E-state index in [2.05, 4.69) is 31.0 Å². The van der Waals surface area contributed by atoms with Crippen LogP contribution < -0.4 is 5.73 Å². The van der Waals surface area contributed by atoms with Crippen LogP contribution in [-0.4, -0.2) is 24.9 Å². The minimum Gasteiger partial charge on any atom is -0.382 e. The first-order chi connectivity index (χ1) is 11.8. The maximum atomic E-state index is 9.48. The number of aromatic nitrogens is 5.